The minimum Gasteiger partial charge on any atom is -0.427 e. The lowest BCUT2D eigenvalue weighted by Gasteiger charge is -2.26. The highest BCUT2D eigenvalue weighted by Gasteiger charge is 2.30. The Labute approximate surface area is 176 Å². The van der Waals surface area contributed by atoms with Crippen LogP contribution in [0.2, 0.25) is 0 Å². The molecule has 0 atom stereocenters. The molecule has 3 aromatic carbocycles. The fourth-order valence-corrected chi connectivity index (χ4v) is 2.91. The van der Waals surface area contributed by atoms with E-state index in [-0.39, 0.29) is 0 Å². The predicted octanol–water partition coefficient (Wildman–Crippen LogP) is 6.03. The molecule has 5 nitrogen and oxygen atoms in total. The predicted molar refractivity (Wildman–Crippen MR) is 109 cm³/mol. The summed E-state index contributed by atoms with van der Waals surface area (Å²) in [5.74, 6) is -0.246. The molecule has 0 unspecified atom stereocenters. The second-order valence-electron chi connectivity index (χ2n) is 6.56. The van der Waals surface area contributed by atoms with Crippen LogP contribution in [0, 0.1) is 0 Å². The minimum absolute atomic E-state index is 0.342. The summed E-state index contributed by atoms with van der Waals surface area (Å²) < 4.78 is 49.0. The number of esters is 2. The summed E-state index contributed by atoms with van der Waals surface area (Å²) in [7, 11) is 0. The smallest absolute Gasteiger partial charge is 0.416 e. The SMILES string of the molecule is CC(=O)Oc1ccc(N(c2ccc(OC(C)=O)cc2)c2ccc(C(F)(F)F)cc2)cc1. The van der Waals surface area contributed by atoms with Crippen molar-refractivity contribution in [3.05, 3.63) is 78.4 Å². The number of alkyl halides is 3. The molecule has 160 valence electrons. The van der Waals surface area contributed by atoms with E-state index in [9.17, 15) is 22.8 Å². The third-order valence-electron chi connectivity index (χ3n) is 4.17. The molecular weight excluding hydrogens is 411 g/mol. The Balaban J connectivity index is 2.01. The van der Waals surface area contributed by atoms with Crippen molar-refractivity contribution in [2.45, 2.75) is 20.0 Å². The van der Waals surface area contributed by atoms with Crippen LogP contribution in [0.1, 0.15) is 19.4 Å². The molecule has 0 aliphatic rings. The van der Waals surface area contributed by atoms with E-state index in [1.54, 1.807) is 53.4 Å². The minimum atomic E-state index is -4.44. The van der Waals surface area contributed by atoms with Gasteiger partial charge in [0.2, 0.25) is 0 Å². The molecule has 0 N–H and O–H groups in total. The molecular formula is C23H18F3NO4. The molecule has 0 spiro atoms. The molecule has 3 aromatic rings. The first-order valence-electron chi connectivity index (χ1n) is 9.18. The molecule has 8 heteroatoms. The number of nitrogens with zero attached hydrogens (tertiary/aromatic N) is 1. The summed E-state index contributed by atoms with van der Waals surface area (Å²) in [6.45, 7) is 2.57. The summed E-state index contributed by atoms with van der Waals surface area (Å²) >= 11 is 0. The Morgan fingerprint density at radius 2 is 0.968 bits per heavy atom. The number of carbonyl (C=O) groups excluding carboxylic acids is 2. The second kappa shape index (κ2) is 8.91. The van der Waals surface area contributed by atoms with Gasteiger partial charge in [0.1, 0.15) is 11.5 Å². The van der Waals surface area contributed by atoms with Crippen molar-refractivity contribution in [3.63, 3.8) is 0 Å². The molecule has 0 aliphatic carbocycles. The summed E-state index contributed by atoms with van der Waals surface area (Å²) in [6, 6.07) is 17.8. The van der Waals surface area contributed by atoms with Crippen molar-refractivity contribution in [2.24, 2.45) is 0 Å². The number of hydrogen-bond acceptors (Lipinski definition) is 5. The topological polar surface area (TPSA) is 55.8 Å². The van der Waals surface area contributed by atoms with Gasteiger partial charge in [-0.15, -0.1) is 0 Å². The Kier molecular flexibility index (Phi) is 6.29. The van der Waals surface area contributed by atoms with Crippen molar-refractivity contribution < 1.29 is 32.2 Å². The van der Waals surface area contributed by atoms with Gasteiger partial charge >= 0.3 is 18.1 Å². The lowest BCUT2D eigenvalue weighted by molar-refractivity contribution is -0.137. The van der Waals surface area contributed by atoms with Crippen LogP contribution in [0.5, 0.6) is 11.5 Å². The van der Waals surface area contributed by atoms with Gasteiger partial charge in [-0.25, -0.2) is 0 Å². The maximum atomic E-state index is 13.0. The lowest BCUT2D eigenvalue weighted by atomic mass is 10.1. The molecule has 0 fully saturated rings. The van der Waals surface area contributed by atoms with Crippen molar-refractivity contribution in [2.75, 3.05) is 4.90 Å². The van der Waals surface area contributed by atoms with Crippen LogP contribution in [0.3, 0.4) is 0 Å². The van der Waals surface area contributed by atoms with Crippen LogP contribution in [-0.2, 0) is 15.8 Å². The van der Waals surface area contributed by atoms with Gasteiger partial charge in [0.25, 0.3) is 0 Å². The van der Waals surface area contributed by atoms with E-state index in [2.05, 4.69) is 0 Å². The molecule has 0 heterocycles. The largest absolute Gasteiger partial charge is 0.427 e. The second-order valence-corrected chi connectivity index (χ2v) is 6.56. The highest BCUT2D eigenvalue weighted by atomic mass is 19.4. The highest BCUT2D eigenvalue weighted by Crippen LogP contribution is 2.38. The fraction of sp³-hybridized carbons (Fsp3) is 0.130. The van der Waals surface area contributed by atoms with Crippen LogP contribution in [-0.4, -0.2) is 11.9 Å². The zero-order valence-corrected chi connectivity index (χ0v) is 16.6. The van der Waals surface area contributed by atoms with E-state index >= 15 is 0 Å². The first-order chi connectivity index (χ1) is 14.6. The molecule has 0 amide bonds. The summed E-state index contributed by atoms with van der Waals surface area (Å²) in [5.41, 5.74) is 0.965. The average Bonchev–Trinajstić information content (AvgIpc) is 2.70. The number of anilines is 3. The Morgan fingerprint density at radius 3 is 1.26 bits per heavy atom. The van der Waals surface area contributed by atoms with Gasteiger partial charge in [0.05, 0.1) is 5.56 Å². The molecule has 31 heavy (non-hydrogen) atoms. The van der Waals surface area contributed by atoms with Crippen LogP contribution >= 0.6 is 0 Å². The maximum absolute atomic E-state index is 13.0. The van der Waals surface area contributed by atoms with Gasteiger partial charge in [-0.1, -0.05) is 0 Å². The number of benzene rings is 3. The maximum Gasteiger partial charge on any atom is 0.416 e. The van der Waals surface area contributed by atoms with E-state index in [1.807, 2.05) is 0 Å². The van der Waals surface area contributed by atoms with Crippen LogP contribution in [0.15, 0.2) is 72.8 Å². The number of carbonyl (C=O) groups is 2. The Morgan fingerprint density at radius 1 is 0.645 bits per heavy atom. The van der Waals surface area contributed by atoms with E-state index in [1.165, 1.54) is 26.0 Å². The third kappa shape index (κ3) is 5.63. The molecule has 0 radical (unpaired) electrons. The van der Waals surface area contributed by atoms with Gasteiger partial charge in [0.15, 0.2) is 0 Å². The van der Waals surface area contributed by atoms with Gasteiger partial charge in [0, 0.05) is 30.9 Å². The quantitative estimate of drug-likeness (QED) is 0.366. The van der Waals surface area contributed by atoms with E-state index in [0.717, 1.165) is 12.1 Å². The highest BCUT2D eigenvalue weighted by molar-refractivity contribution is 5.78. The molecule has 0 saturated heterocycles. The van der Waals surface area contributed by atoms with Gasteiger partial charge in [-0.2, -0.15) is 13.2 Å². The standard InChI is InChI=1S/C23H18F3NO4/c1-15(28)30-21-11-7-19(8-12-21)27(18-5-3-17(4-6-18)23(24,25)26)20-9-13-22(14-10-20)31-16(2)29/h3-14H,1-2H3. The summed E-state index contributed by atoms with van der Waals surface area (Å²) in [4.78, 5) is 24.0. The summed E-state index contributed by atoms with van der Waals surface area (Å²) in [6.07, 6.45) is -4.44. The molecule has 0 aliphatic heterocycles. The summed E-state index contributed by atoms with van der Waals surface area (Å²) in [5, 5.41) is 0. The van der Waals surface area contributed by atoms with E-state index in [0.29, 0.717) is 28.6 Å². The average molecular weight is 429 g/mol. The molecule has 0 aromatic heterocycles. The zero-order chi connectivity index (χ0) is 22.6. The number of rotatable bonds is 5. The monoisotopic (exact) mass is 429 g/mol. The first-order valence-corrected chi connectivity index (χ1v) is 9.18. The normalized spacial score (nSPS) is 11.0. The van der Waals surface area contributed by atoms with Crippen LogP contribution < -0.4 is 14.4 Å². The van der Waals surface area contributed by atoms with E-state index in [4.69, 9.17) is 9.47 Å². The van der Waals surface area contributed by atoms with Crippen molar-refractivity contribution in [3.8, 4) is 11.5 Å². The van der Waals surface area contributed by atoms with Crippen molar-refractivity contribution >= 4 is 29.0 Å². The van der Waals surface area contributed by atoms with Crippen LogP contribution in [0.4, 0.5) is 30.2 Å². The molecule has 3 rings (SSSR count). The fourth-order valence-electron chi connectivity index (χ4n) is 2.91. The van der Waals surface area contributed by atoms with Crippen LogP contribution in [0.25, 0.3) is 0 Å². The zero-order valence-electron chi connectivity index (χ0n) is 16.6. The van der Waals surface area contributed by atoms with E-state index < -0.39 is 23.7 Å². The Bertz CT molecular complexity index is 1000. The van der Waals surface area contributed by atoms with Gasteiger partial charge in [-0.05, 0) is 72.8 Å². The Hall–Kier alpha value is -3.81. The number of hydrogen-bond donors (Lipinski definition) is 0. The van der Waals surface area contributed by atoms with Crippen molar-refractivity contribution in [1.29, 1.82) is 0 Å². The number of halogens is 3. The third-order valence-corrected chi connectivity index (χ3v) is 4.17. The van der Waals surface area contributed by atoms with Gasteiger partial charge in [-0.3, -0.25) is 9.59 Å². The number of ether oxygens (including phenoxy) is 2. The van der Waals surface area contributed by atoms with Crippen molar-refractivity contribution in [1.82, 2.24) is 0 Å². The first kappa shape index (κ1) is 21.9. The van der Waals surface area contributed by atoms with Gasteiger partial charge < -0.3 is 14.4 Å². The molecule has 0 saturated carbocycles. The molecule has 0 bridgehead atoms. The lowest BCUT2D eigenvalue weighted by Crippen LogP contribution is -2.11.